The zero-order valence-corrected chi connectivity index (χ0v) is 44.6. The summed E-state index contributed by atoms with van der Waals surface area (Å²) < 4.78 is 117. The second kappa shape index (κ2) is 41.9. The molecule has 0 spiro atoms. The van der Waals surface area contributed by atoms with Crippen LogP contribution in [0.1, 0.15) is 11.1 Å². The molecule has 0 nitrogen and oxygen atoms in total. The molecule has 0 aliphatic rings. The first kappa shape index (κ1) is 66.3. The Hall–Kier alpha value is -3.69. The molecule has 0 N–H and O–H groups in total. The van der Waals surface area contributed by atoms with Crippen molar-refractivity contribution in [2.75, 3.05) is 0 Å². The Morgan fingerprint density at radius 3 is 0.443 bits per heavy atom. The van der Waals surface area contributed by atoms with Gasteiger partial charge in [0, 0.05) is 50.1 Å². The minimum absolute atomic E-state index is 0. The van der Waals surface area contributed by atoms with E-state index >= 15 is 0 Å². The zero-order chi connectivity index (χ0) is 49.8. The van der Waals surface area contributed by atoms with Gasteiger partial charge in [-0.3, -0.25) is 0 Å². The largest absolute Gasteiger partial charge is 0.456 e. The molecule has 0 bridgehead atoms. The smallest absolute Gasteiger partial charge is 0.152 e. The molecule has 70 heavy (non-hydrogen) atoms. The van der Waals surface area contributed by atoms with Gasteiger partial charge in [0.05, 0.1) is 0 Å². The third-order valence-corrected chi connectivity index (χ3v) is 12.9. The summed E-state index contributed by atoms with van der Waals surface area (Å²) in [6, 6.07) is 84.7. The molecule has 0 heterocycles. The summed E-state index contributed by atoms with van der Waals surface area (Å²) in [5.41, 5.74) is 2.10. The van der Waals surface area contributed by atoms with Crippen LogP contribution in [0.2, 0.25) is 0 Å². The van der Waals surface area contributed by atoms with Crippen molar-refractivity contribution < 1.29 is 89.3 Å². The average molecular weight is 1260 g/mol. The summed E-state index contributed by atoms with van der Waals surface area (Å²) in [6.45, 7) is 0. The van der Waals surface area contributed by atoms with Crippen LogP contribution in [-0.4, -0.2) is 0 Å². The van der Waals surface area contributed by atoms with E-state index in [1.165, 1.54) is 31.8 Å². The SMILES string of the molecule is C(#Cc1ccccc1)c1ccccc1.FP(F)F.FP(F)F.FP(F)F.FP(F)F.[Rh].[Rh].c1ccc(P(c2ccccc2)c2ccccc2)cc1.c1ccc(P(c2ccccc2)c2ccccc2)cc1. The monoisotopic (exact) mass is 1260 g/mol. The number of halogens is 12. The maximum absolute atomic E-state index is 9.73. The molecule has 0 aliphatic carbocycles. The van der Waals surface area contributed by atoms with Crippen LogP contribution in [0.5, 0.6) is 0 Å². The van der Waals surface area contributed by atoms with Crippen molar-refractivity contribution in [2.24, 2.45) is 0 Å². The average Bonchev–Trinajstić information content (AvgIpc) is 3.34. The van der Waals surface area contributed by atoms with Crippen LogP contribution in [0.3, 0.4) is 0 Å². The topological polar surface area (TPSA) is 0 Å². The summed E-state index contributed by atoms with van der Waals surface area (Å²) in [7, 11) is -17.4. The fourth-order valence-corrected chi connectivity index (χ4v) is 10.2. The van der Waals surface area contributed by atoms with Crippen LogP contribution in [0, 0.1) is 11.8 Å². The third-order valence-electron chi connectivity index (χ3n) is 7.99. The summed E-state index contributed by atoms with van der Waals surface area (Å²) in [4.78, 5) is 0. The first-order chi connectivity index (χ1) is 32.8. The van der Waals surface area contributed by atoms with E-state index in [-0.39, 0.29) is 39.0 Å². The molecule has 0 atom stereocenters. The van der Waals surface area contributed by atoms with E-state index in [1.54, 1.807) is 0 Å². The second-order valence-corrected chi connectivity index (χ2v) is 18.4. The van der Waals surface area contributed by atoms with Crippen molar-refractivity contribution >= 4 is 83.1 Å². The van der Waals surface area contributed by atoms with E-state index in [2.05, 4.69) is 194 Å². The molecule has 0 aliphatic heterocycles. The van der Waals surface area contributed by atoms with Gasteiger partial charge in [-0.25, -0.2) is 0 Å². The van der Waals surface area contributed by atoms with Gasteiger partial charge in [0.1, 0.15) is 0 Å². The molecule has 0 amide bonds. The fraction of sp³-hybridized carbons (Fsp3) is 0. The van der Waals surface area contributed by atoms with Gasteiger partial charge in [-0.1, -0.05) is 230 Å². The molecular formula is C50H40F12P6Rh2. The van der Waals surface area contributed by atoms with Crippen molar-refractivity contribution in [1.29, 1.82) is 0 Å². The summed E-state index contributed by atoms with van der Waals surface area (Å²) in [5, 5.41) is 8.39. The van der Waals surface area contributed by atoms with Crippen molar-refractivity contribution in [1.82, 2.24) is 0 Å². The Balaban J connectivity index is 0.000000879. The first-order valence-electron chi connectivity index (χ1n) is 19.4. The first-order valence-corrected chi connectivity index (χ1v) is 26.1. The third kappa shape index (κ3) is 32.3. The molecule has 0 saturated carbocycles. The second-order valence-electron chi connectivity index (χ2n) is 12.4. The molecular weight excluding hydrogens is 1220 g/mol. The molecule has 0 saturated heterocycles. The van der Waals surface area contributed by atoms with Gasteiger partial charge in [0.2, 0.25) is 0 Å². The van der Waals surface area contributed by atoms with Gasteiger partial charge in [-0.15, -0.1) is 0 Å². The Bertz CT molecular complexity index is 2090. The van der Waals surface area contributed by atoms with Crippen LogP contribution in [-0.2, 0) is 39.0 Å². The van der Waals surface area contributed by atoms with Crippen molar-refractivity contribution in [3.63, 3.8) is 0 Å². The fourth-order valence-electron chi connectivity index (χ4n) is 5.54. The molecule has 372 valence electrons. The predicted octanol–water partition coefficient (Wildman–Crippen LogP) is 18.5. The quantitative estimate of drug-likeness (QED) is 0.0674. The summed E-state index contributed by atoms with van der Waals surface area (Å²) in [6.07, 6.45) is 0. The number of hydrogen-bond acceptors (Lipinski definition) is 0. The Morgan fingerprint density at radius 1 is 0.200 bits per heavy atom. The molecule has 8 aromatic carbocycles. The zero-order valence-electron chi connectivity index (χ0n) is 36.0. The molecule has 8 aromatic rings. The normalized spacial score (nSPS) is 9.57. The van der Waals surface area contributed by atoms with Gasteiger partial charge in [0.25, 0.3) is 0 Å². The van der Waals surface area contributed by atoms with Crippen LogP contribution in [0.15, 0.2) is 243 Å². The number of benzene rings is 8. The van der Waals surface area contributed by atoms with Gasteiger partial charge in [0.15, 0.2) is 0 Å². The molecule has 20 heteroatoms. The van der Waals surface area contributed by atoms with Crippen molar-refractivity contribution in [2.45, 2.75) is 0 Å². The molecule has 0 aromatic heterocycles. The van der Waals surface area contributed by atoms with Gasteiger partial charge < -0.3 is 0 Å². The maximum atomic E-state index is 9.73. The van der Waals surface area contributed by atoms with Gasteiger partial charge in [-0.05, 0) is 71.9 Å². The van der Waals surface area contributed by atoms with Gasteiger partial charge in [-0.2, -0.15) is 50.4 Å². The van der Waals surface area contributed by atoms with Crippen LogP contribution in [0.25, 0.3) is 0 Å². The Kier molecular flexibility index (Phi) is 39.7. The van der Waals surface area contributed by atoms with E-state index in [0.29, 0.717) is 0 Å². The van der Waals surface area contributed by atoms with E-state index < -0.39 is 51.3 Å². The molecule has 0 fully saturated rings. The van der Waals surface area contributed by atoms with Crippen LogP contribution >= 0.6 is 51.3 Å². The summed E-state index contributed by atoms with van der Waals surface area (Å²) >= 11 is 0. The van der Waals surface area contributed by atoms with E-state index in [1.807, 2.05) is 60.7 Å². The minimum Gasteiger partial charge on any atom is -0.152 e. The van der Waals surface area contributed by atoms with E-state index in [4.69, 9.17) is 0 Å². The maximum Gasteiger partial charge on any atom is 0.456 e. The van der Waals surface area contributed by atoms with Crippen molar-refractivity contribution in [3.05, 3.63) is 254 Å². The molecule has 2 radical (unpaired) electrons. The standard InChI is InChI=1S/2C18H15P.C14H10.4F3P.2Rh/c2*1-4-10-16(11-5-1)19(17-12-6-2-7-13-17)18-14-8-3-9-15-18;1-3-7-13(8-4-1)11-12-14-9-5-2-6-10-14;4*1-4(2)3;;/h2*1-15H;1-10H;;;;;;. The Morgan fingerprint density at radius 2 is 0.314 bits per heavy atom. The molecule has 0 unspecified atom stereocenters. The van der Waals surface area contributed by atoms with Gasteiger partial charge >= 0.3 is 35.4 Å². The van der Waals surface area contributed by atoms with Crippen LogP contribution < -0.4 is 31.8 Å². The van der Waals surface area contributed by atoms with E-state index in [9.17, 15) is 50.4 Å². The summed E-state index contributed by atoms with van der Waals surface area (Å²) in [5.74, 6) is 6.22. The van der Waals surface area contributed by atoms with Crippen molar-refractivity contribution in [3.8, 4) is 11.8 Å². The predicted molar refractivity (Wildman–Crippen MR) is 270 cm³/mol. The minimum atomic E-state index is -4.12. The molecule has 8 rings (SSSR count). The van der Waals surface area contributed by atoms with E-state index in [0.717, 1.165) is 11.1 Å². The van der Waals surface area contributed by atoms with Crippen LogP contribution in [0.4, 0.5) is 50.4 Å². The Labute approximate surface area is 435 Å². The number of hydrogen-bond donors (Lipinski definition) is 0. The number of rotatable bonds is 6.